The first-order chi connectivity index (χ1) is 9.17. The number of rotatable bonds is 3. The fourth-order valence-electron chi connectivity index (χ4n) is 2.58. The van der Waals surface area contributed by atoms with Gasteiger partial charge in [-0.05, 0) is 59.2 Å². The number of nitrogens with one attached hydrogen (secondary N) is 1. The van der Waals surface area contributed by atoms with Crippen LogP contribution in [0.5, 0.6) is 5.75 Å². The standard InChI is InChI=1S/C15H16BrNOS/c1-9-7-11-8-10(3-4-12(11)18-9)15(17-2)13-5-6-14(16)19-13/h3-6,8-9,15,17H,7H2,1-2H3. The van der Waals surface area contributed by atoms with Gasteiger partial charge in [-0.15, -0.1) is 11.3 Å². The topological polar surface area (TPSA) is 21.3 Å². The first-order valence-corrected chi connectivity index (χ1v) is 8.00. The molecule has 0 bridgehead atoms. The quantitative estimate of drug-likeness (QED) is 0.908. The zero-order valence-corrected chi connectivity index (χ0v) is 13.3. The molecular formula is C15H16BrNOS. The van der Waals surface area contributed by atoms with Crippen LogP contribution < -0.4 is 10.1 Å². The number of halogens is 1. The van der Waals surface area contributed by atoms with E-state index in [2.05, 4.69) is 58.5 Å². The fourth-order valence-corrected chi connectivity index (χ4v) is 4.14. The van der Waals surface area contributed by atoms with E-state index in [0.717, 1.165) is 12.2 Å². The molecule has 1 aliphatic rings. The summed E-state index contributed by atoms with van der Waals surface area (Å²) in [5.41, 5.74) is 2.62. The molecule has 3 rings (SSSR count). The lowest BCUT2D eigenvalue weighted by atomic mass is 10.0. The lowest BCUT2D eigenvalue weighted by Gasteiger charge is -2.15. The maximum Gasteiger partial charge on any atom is 0.123 e. The molecule has 100 valence electrons. The maximum absolute atomic E-state index is 5.76. The Labute approximate surface area is 125 Å². The number of fused-ring (bicyclic) bond motifs is 1. The summed E-state index contributed by atoms with van der Waals surface area (Å²) in [6.07, 6.45) is 1.31. The van der Waals surface area contributed by atoms with Crippen LogP contribution in [0.3, 0.4) is 0 Å². The largest absolute Gasteiger partial charge is 0.490 e. The smallest absolute Gasteiger partial charge is 0.123 e. The Morgan fingerprint density at radius 3 is 2.89 bits per heavy atom. The van der Waals surface area contributed by atoms with Crippen molar-refractivity contribution >= 4 is 27.3 Å². The summed E-state index contributed by atoms with van der Waals surface area (Å²) in [6.45, 7) is 2.12. The molecule has 1 N–H and O–H groups in total. The minimum atomic E-state index is 0.248. The molecule has 4 heteroatoms. The van der Waals surface area contributed by atoms with Crippen molar-refractivity contribution in [1.29, 1.82) is 0 Å². The van der Waals surface area contributed by atoms with Gasteiger partial charge in [-0.3, -0.25) is 0 Å². The van der Waals surface area contributed by atoms with E-state index in [1.807, 2.05) is 7.05 Å². The van der Waals surface area contributed by atoms with Crippen LogP contribution in [-0.4, -0.2) is 13.2 Å². The van der Waals surface area contributed by atoms with Gasteiger partial charge >= 0.3 is 0 Å². The van der Waals surface area contributed by atoms with Crippen LogP contribution in [0.15, 0.2) is 34.1 Å². The lowest BCUT2D eigenvalue weighted by Crippen LogP contribution is -2.16. The Morgan fingerprint density at radius 1 is 1.37 bits per heavy atom. The van der Waals surface area contributed by atoms with Gasteiger partial charge in [0.25, 0.3) is 0 Å². The van der Waals surface area contributed by atoms with Gasteiger partial charge in [0.2, 0.25) is 0 Å². The first kappa shape index (κ1) is 13.2. The molecule has 0 spiro atoms. The van der Waals surface area contributed by atoms with E-state index in [0.29, 0.717) is 6.10 Å². The molecule has 0 saturated heterocycles. The van der Waals surface area contributed by atoms with Crippen molar-refractivity contribution in [2.24, 2.45) is 0 Å². The Kier molecular flexibility index (Phi) is 3.65. The molecule has 2 nitrogen and oxygen atoms in total. The van der Waals surface area contributed by atoms with Crippen molar-refractivity contribution in [3.8, 4) is 5.75 Å². The number of hydrogen-bond donors (Lipinski definition) is 1. The van der Waals surface area contributed by atoms with Crippen molar-refractivity contribution in [3.63, 3.8) is 0 Å². The highest BCUT2D eigenvalue weighted by Crippen LogP contribution is 2.35. The van der Waals surface area contributed by atoms with E-state index in [4.69, 9.17) is 4.74 Å². The second-order valence-electron chi connectivity index (χ2n) is 4.86. The average molecular weight is 338 g/mol. The minimum Gasteiger partial charge on any atom is -0.490 e. The molecule has 1 aromatic carbocycles. The fraction of sp³-hybridized carbons (Fsp3) is 0.333. The van der Waals surface area contributed by atoms with E-state index >= 15 is 0 Å². The van der Waals surface area contributed by atoms with Crippen molar-refractivity contribution in [3.05, 3.63) is 50.1 Å². The monoisotopic (exact) mass is 337 g/mol. The van der Waals surface area contributed by atoms with Crippen molar-refractivity contribution in [2.45, 2.75) is 25.5 Å². The highest BCUT2D eigenvalue weighted by Gasteiger charge is 2.21. The summed E-state index contributed by atoms with van der Waals surface area (Å²) in [5, 5.41) is 3.40. The third-order valence-corrected chi connectivity index (χ3v) is 5.11. The van der Waals surface area contributed by atoms with Crippen LogP contribution in [0.2, 0.25) is 0 Å². The van der Waals surface area contributed by atoms with Crippen LogP contribution in [0.1, 0.15) is 29.0 Å². The second kappa shape index (κ2) is 5.27. The van der Waals surface area contributed by atoms with Crippen LogP contribution in [0, 0.1) is 0 Å². The van der Waals surface area contributed by atoms with Gasteiger partial charge in [0.05, 0.1) is 9.83 Å². The van der Waals surface area contributed by atoms with Crippen molar-refractivity contribution < 1.29 is 4.74 Å². The van der Waals surface area contributed by atoms with Crippen LogP contribution in [-0.2, 0) is 6.42 Å². The first-order valence-electron chi connectivity index (χ1n) is 6.39. The third kappa shape index (κ3) is 2.57. The molecule has 2 atom stereocenters. The molecule has 0 fully saturated rings. The van der Waals surface area contributed by atoms with Crippen LogP contribution >= 0.6 is 27.3 Å². The van der Waals surface area contributed by atoms with Gasteiger partial charge in [-0.1, -0.05) is 12.1 Å². The molecular weight excluding hydrogens is 322 g/mol. The van der Waals surface area contributed by atoms with Crippen molar-refractivity contribution in [1.82, 2.24) is 5.32 Å². The summed E-state index contributed by atoms with van der Waals surface area (Å²) in [6, 6.07) is 11.0. The third-order valence-electron chi connectivity index (χ3n) is 3.42. The highest BCUT2D eigenvalue weighted by molar-refractivity contribution is 9.11. The number of benzene rings is 1. The average Bonchev–Trinajstić information content (AvgIpc) is 2.95. The lowest BCUT2D eigenvalue weighted by molar-refractivity contribution is 0.254. The van der Waals surface area contributed by atoms with E-state index < -0.39 is 0 Å². The predicted molar refractivity (Wildman–Crippen MR) is 83.2 cm³/mol. The Bertz CT molecular complexity index is 596. The Morgan fingerprint density at radius 2 is 2.21 bits per heavy atom. The zero-order chi connectivity index (χ0) is 13.4. The second-order valence-corrected chi connectivity index (χ2v) is 7.36. The van der Waals surface area contributed by atoms with E-state index in [-0.39, 0.29) is 6.04 Å². The van der Waals surface area contributed by atoms with E-state index in [9.17, 15) is 0 Å². The van der Waals surface area contributed by atoms with Gasteiger partial charge in [0.15, 0.2) is 0 Å². The predicted octanol–water partition coefficient (Wildman–Crippen LogP) is 4.14. The molecule has 2 aromatic rings. The molecule has 1 aliphatic heterocycles. The summed E-state index contributed by atoms with van der Waals surface area (Å²) < 4.78 is 6.93. The van der Waals surface area contributed by atoms with Gasteiger partial charge in [-0.25, -0.2) is 0 Å². The van der Waals surface area contributed by atoms with E-state index in [1.54, 1.807) is 11.3 Å². The Hall–Kier alpha value is -0.840. The normalized spacial score (nSPS) is 19.0. The molecule has 19 heavy (non-hydrogen) atoms. The van der Waals surface area contributed by atoms with Gasteiger partial charge < -0.3 is 10.1 Å². The number of hydrogen-bond acceptors (Lipinski definition) is 3. The summed E-state index contributed by atoms with van der Waals surface area (Å²) in [5.74, 6) is 1.04. The molecule has 1 aromatic heterocycles. The van der Waals surface area contributed by atoms with Gasteiger partial charge in [-0.2, -0.15) is 0 Å². The van der Waals surface area contributed by atoms with Crippen LogP contribution in [0.25, 0.3) is 0 Å². The molecule has 2 heterocycles. The van der Waals surface area contributed by atoms with Gasteiger partial charge in [0.1, 0.15) is 11.9 Å². The molecule has 0 saturated carbocycles. The number of ether oxygens (including phenoxy) is 1. The van der Waals surface area contributed by atoms with E-state index in [1.165, 1.54) is 19.8 Å². The minimum absolute atomic E-state index is 0.248. The highest BCUT2D eigenvalue weighted by atomic mass is 79.9. The molecule has 0 amide bonds. The molecule has 0 aliphatic carbocycles. The molecule has 2 unspecified atom stereocenters. The Balaban J connectivity index is 1.95. The number of thiophene rings is 1. The SMILES string of the molecule is CNC(c1ccc2c(c1)CC(C)O2)c1ccc(Br)s1. The maximum atomic E-state index is 5.76. The van der Waals surface area contributed by atoms with Crippen molar-refractivity contribution in [2.75, 3.05) is 7.05 Å². The molecule has 0 radical (unpaired) electrons. The summed E-state index contributed by atoms with van der Waals surface area (Å²) >= 11 is 5.30. The zero-order valence-electron chi connectivity index (χ0n) is 10.9. The summed E-state index contributed by atoms with van der Waals surface area (Å²) in [4.78, 5) is 1.32. The summed E-state index contributed by atoms with van der Waals surface area (Å²) in [7, 11) is 2.00. The van der Waals surface area contributed by atoms with Gasteiger partial charge in [0, 0.05) is 11.3 Å². The van der Waals surface area contributed by atoms with Crippen LogP contribution in [0.4, 0.5) is 0 Å².